The molecule has 0 aliphatic carbocycles. The lowest BCUT2D eigenvalue weighted by atomic mass is 10.1. The monoisotopic (exact) mass is 210 g/mol. The molecule has 3 N–H and O–H groups in total. The summed E-state index contributed by atoms with van der Waals surface area (Å²) in [6.07, 6.45) is 5.87. The Labute approximate surface area is 90.1 Å². The van der Waals surface area contributed by atoms with Crippen LogP contribution in [0.3, 0.4) is 0 Å². The first-order valence-corrected chi connectivity index (χ1v) is 5.21. The quantitative estimate of drug-likeness (QED) is 0.635. The van der Waals surface area contributed by atoms with E-state index in [0.717, 1.165) is 25.7 Å². The number of carbonyl (C=O) groups excluding carboxylic acids is 1. The van der Waals surface area contributed by atoms with E-state index < -0.39 is 6.23 Å². The summed E-state index contributed by atoms with van der Waals surface area (Å²) in [6.45, 7) is 4.22. The molecule has 1 aliphatic rings. The van der Waals surface area contributed by atoms with Gasteiger partial charge >= 0.3 is 0 Å². The zero-order valence-electron chi connectivity index (χ0n) is 8.85. The molecule has 0 saturated heterocycles. The Kier molecular flexibility index (Phi) is 4.37. The molecule has 0 spiro atoms. The summed E-state index contributed by atoms with van der Waals surface area (Å²) in [4.78, 5) is 12.7. The Hall–Kier alpha value is -1.29. The standard InChI is InChI=1S/C11H18N2O2/c1-9(12)5-3-2-4-8-13-10(14)6-7-11(13)15/h6-7,10,14H,1-5,8,12H2. The van der Waals surface area contributed by atoms with Crippen LogP contribution in [0.2, 0.25) is 0 Å². The van der Waals surface area contributed by atoms with Crippen molar-refractivity contribution in [3.63, 3.8) is 0 Å². The van der Waals surface area contributed by atoms with Gasteiger partial charge < -0.3 is 15.7 Å². The number of aliphatic hydroxyl groups excluding tert-OH is 1. The average molecular weight is 210 g/mol. The van der Waals surface area contributed by atoms with Gasteiger partial charge in [-0.15, -0.1) is 0 Å². The summed E-state index contributed by atoms with van der Waals surface area (Å²) < 4.78 is 0. The van der Waals surface area contributed by atoms with Gasteiger partial charge in [0, 0.05) is 18.3 Å². The van der Waals surface area contributed by atoms with Gasteiger partial charge in [-0.3, -0.25) is 4.79 Å². The van der Waals surface area contributed by atoms with Gasteiger partial charge in [0.25, 0.3) is 0 Å². The van der Waals surface area contributed by atoms with Crippen molar-refractivity contribution in [1.82, 2.24) is 4.90 Å². The number of aliphatic hydroxyl groups is 1. The number of carbonyl (C=O) groups is 1. The van der Waals surface area contributed by atoms with Crippen LogP contribution < -0.4 is 5.73 Å². The van der Waals surface area contributed by atoms with Gasteiger partial charge in [0.15, 0.2) is 0 Å². The minimum absolute atomic E-state index is 0.106. The van der Waals surface area contributed by atoms with E-state index in [-0.39, 0.29) is 5.91 Å². The third-order valence-electron chi connectivity index (χ3n) is 2.41. The molecule has 1 amide bonds. The fourth-order valence-corrected chi connectivity index (χ4v) is 1.55. The Bertz CT molecular complexity index is 274. The molecule has 84 valence electrons. The summed E-state index contributed by atoms with van der Waals surface area (Å²) in [5, 5.41) is 9.39. The number of rotatable bonds is 6. The largest absolute Gasteiger partial charge is 0.403 e. The Balaban J connectivity index is 2.10. The van der Waals surface area contributed by atoms with Crippen LogP contribution in [0.15, 0.2) is 24.4 Å². The highest BCUT2D eigenvalue weighted by atomic mass is 16.3. The number of nitrogens with zero attached hydrogens (tertiary/aromatic N) is 1. The Morgan fingerprint density at radius 3 is 2.80 bits per heavy atom. The third kappa shape index (κ3) is 3.75. The molecule has 1 unspecified atom stereocenters. The molecule has 0 aromatic rings. The lowest BCUT2D eigenvalue weighted by molar-refractivity contribution is -0.130. The molecule has 1 heterocycles. The molecular weight excluding hydrogens is 192 g/mol. The number of nitrogens with two attached hydrogens (primary N) is 1. The SMILES string of the molecule is C=C(N)CCCCCN1C(=O)C=CC1O. The van der Waals surface area contributed by atoms with Crippen LogP contribution in [-0.2, 0) is 4.79 Å². The molecule has 1 atom stereocenters. The second-order valence-corrected chi connectivity index (χ2v) is 3.77. The topological polar surface area (TPSA) is 66.6 Å². The van der Waals surface area contributed by atoms with E-state index in [1.165, 1.54) is 17.1 Å². The van der Waals surface area contributed by atoms with E-state index in [1.807, 2.05) is 0 Å². The van der Waals surface area contributed by atoms with E-state index in [1.54, 1.807) is 0 Å². The number of hydrogen-bond donors (Lipinski definition) is 2. The molecule has 4 nitrogen and oxygen atoms in total. The van der Waals surface area contributed by atoms with Crippen molar-refractivity contribution in [2.24, 2.45) is 5.73 Å². The normalized spacial score (nSPS) is 19.9. The summed E-state index contributed by atoms with van der Waals surface area (Å²) in [5.41, 5.74) is 6.13. The van der Waals surface area contributed by atoms with Crippen molar-refractivity contribution < 1.29 is 9.90 Å². The fraction of sp³-hybridized carbons (Fsp3) is 0.545. The lowest BCUT2D eigenvalue weighted by Crippen LogP contribution is -2.34. The number of unbranched alkanes of at least 4 members (excludes halogenated alkanes) is 2. The van der Waals surface area contributed by atoms with Crippen LogP contribution in [0.5, 0.6) is 0 Å². The Morgan fingerprint density at radius 1 is 1.53 bits per heavy atom. The van der Waals surface area contributed by atoms with E-state index in [9.17, 15) is 9.90 Å². The zero-order chi connectivity index (χ0) is 11.3. The maximum atomic E-state index is 11.2. The second kappa shape index (κ2) is 5.56. The predicted molar refractivity (Wildman–Crippen MR) is 58.7 cm³/mol. The molecule has 4 heteroatoms. The van der Waals surface area contributed by atoms with Gasteiger partial charge in [0.05, 0.1) is 0 Å². The maximum Gasteiger partial charge on any atom is 0.248 e. The Morgan fingerprint density at radius 2 is 2.27 bits per heavy atom. The van der Waals surface area contributed by atoms with E-state index in [4.69, 9.17) is 5.73 Å². The molecule has 0 fully saturated rings. The highest BCUT2D eigenvalue weighted by molar-refractivity contribution is 5.90. The minimum atomic E-state index is -0.734. The molecule has 0 bridgehead atoms. The van der Waals surface area contributed by atoms with Crippen molar-refractivity contribution in [2.75, 3.05) is 6.54 Å². The van der Waals surface area contributed by atoms with Crippen LogP contribution in [0, 0.1) is 0 Å². The minimum Gasteiger partial charge on any atom is -0.403 e. The van der Waals surface area contributed by atoms with Crippen LogP contribution in [0.25, 0.3) is 0 Å². The molecule has 0 radical (unpaired) electrons. The molecule has 1 rings (SSSR count). The van der Waals surface area contributed by atoms with Crippen LogP contribution in [0.1, 0.15) is 25.7 Å². The predicted octanol–water partition coefficient (Wildman–Crippen LogP) is 0.736. The summed E-state index contributed by atoms with van der Waals surface area (Å²) in [7, 11) is 0. The van der Waals surface area contributed by atoms with Crippen molar-refractivity contribution in [1.29, 1.82) is 0 Å². The summed E-state index contributed by atoms with van der Waals surface area (Å²) in [5.74, 6) is -0.106. The molecule has 0 aromatic heterocycles. The maximum absolute atomic E-state index is 11.2. The fourth-order valence-electron chi connectivity index (χ4n) is 1.55. The molecule has 1 aliphatic heterocycles. The van der Waals surface area contributed by atoms with Gasteiger partial charge in [-0.1, -0.05) is 13.0 Å². The summed E-state index contributed by atoms with van der Waals surface area (Å²) in [6, 6.07) is 0. The van der Waals surface area contributed by atoms with E-state index >= 15 is 0 Å². The average Bonchev–Trinajstić information content (AvgIpc) is 2.47. The van der Waals surface area contributed by atoms with Crippen molar-refractivity contribution in [3.8, 4) is 0 Å². The molecule has 0 saturated carbocycles. The lowest BCUT2D eigenvalue weighted by Gasteiger charge is -2.20. The first-order valence-electron chi connectivity index (χ1n) is 5.21. The smallest absolute Gasteiger partial charge is 0.248 e. The number of hydrogen-bond acceptors (Lipinski definition) is 3. The van der Waals surface area contributed by atoms with Gasteiger partial charge in [-0.2, -0.15) is 0 Å². The highest BCUT2D eigenvalue weighted by Gasteiger charge is 2.22. The second-order valence-electron chi connectivity index (χ2n) is 3.77. The first-order chi connectivity index (χ1) is 7.11. The van der Waals surface area contributed by atoms with Crippen LogP contribution in [-0.4, -0.2) is 28.7 Å². The number of allylic oxidation sites excluding steroid dienone is 1. The van der Waals surface area contributed by atoms with Gasteiger partial charge in [-0.25, -0.2) is 0 Å². The van der Waals surface area contributed by atoms with Crippen LogP contribution >= 0.6 is 0 Å². The van der Waals surface area contributed by atoms with Crippen molar-refractivity contribution >= 4 is 5.91 Å². The van der Waals surface area contributed by atoms with Crippen molar-refractivity contribution in [2.45, 2.75) is 31.9 Å². The third-order valence-corrected chi connectivity index (χ3v) is 2.41. The van der Waals surface area contributed by atoms with E-state index in [2.05, 4.69) is 6.58 Å². The first kappa shape index (κ1) is 11.8. The molecular formula is C11H18N2O2. The van der Waals surface area contributed by atoms with E-state index in [0.29, 0.717) is 12.2 Å². The van der Waals surface area contributed by atoms with Gasteiger partial charge in [0.2, 0.25) is 5.91 Å². The van der Waals surface area contributed by atoms with Crippen LogP contribution in [0.4, 0.5) is 0 Å². The summed E-state index contributed by atoms with van der Waals surface area (Å²) >= 11 is 0. The van der Waals surface area contributed by atoms with Crippen molar-refractivity contribution in [3.05, 3.63) is 24.4 Å². The van der Waals surface area contributed by atoms with Gasteiger partial charge in [-0.05, 0) is 25.3 Å². The molecule has 15 heavy (non-hydrogen) atoms. The highest BCUT2D eigenvalue weighted by Crippen LogP contribution is 2.11. The number of amides is 1. The zero-order valence-corrected chi connectivity index (χ0v) is 8.85. The molecule has 0 aromatic carbocycles. The van der Waals surface area contributed by atoms with Gasteiger partial charge in [0.1, 0.15) is 6.23 Å².